The first-order valence-electron chi connectivity index (χ1n) is 8.19. The van der Waals surface area contributed by atoms with E-state index in [0.717, 1.165) is 5.56 Å². The van der Waals surface area contributed by atoms with E-state index in [1.54, 1.807) is 12.4 Å². The Bertz CT molecular complexity index is 910. The maximum Gasteiger partial charge on any atom is 0.240 e. The van der Waals surface area contributed by atoms with Crippen molar-refractivity contribution < 1.29 is 16.8 Å². The number of pyridine rings is 1. The van der Waals surface area contributed by atoms with Crippen LogP contribution in [0.4, 0.5) is 0 Å². The van der Waals surface area contributed by atoms with Crippen LogP contribution in [0.5, 0.6) is 0 Å². The zero-order valence-electron chi connectivity index (χ0n) is 14.7. The van der Waals surface area contributed by atoms with E-state index in [-0.39, 0.29) is 22.3 Å². The molecule has 26 heavy (non-hydrogen) atoms. The minimum Gasteiger partial charge on any atom is -0.265 e. The van der Waals surface area contributed by atoms with Crippen LogP contribution in [-0.4, -0.2) is 34.9 Å². The Kier molecular flexibility index (Phi) is 6.87. The number of hydrogen-bond donors (Lipinski definition) is 2. The van der Waals surface area contributed by atoms with E-state index in [0.29, 0.717) is 13.0 Å². The summed E-state index contributed by atoms with van der Waals surface area (Å²) in [6.45, 7) is 4.35. The van der Waals surface area contributed by atoms with Crippen molar-refractivity contribution in [2.24, 2.45) is 5.92 Å². The van der Waals surface area contributed by atoms with Crippen molar-refractivity contribution in [1.82, 2.24) is 14.4 Å². The molecular weight excluding hydrogens is 374 g/mol. The van der Waals surface area contributed by atoms with Crippen molar-refractivity contribution in [2.75, 3.05) is 13.1 Å². The first-order chi connectivity index (χ1) is 12.2. The minimum atomic E-state index is -3.70. The van der Waals surface area contributed by atoms with Gasteiger partial charge in [-0.2, -0.15) is 0 Å². The van der Waals surface area contributed by atoms with Gasteiger partial charge in [0.05, 0.1) is 9.79 Å². The highest BCUT2D eigenvalue weighted by Crippen LogP contribution is 2.14. The van der Waals surface area contributed by atoms with Gasteiger partial charge in [0, 0.05) is 25.5 Å². The number of aromatic nitrogens is 1. The second-order valence-corrected chi connectivity index (χ2v) is 9.75. The Labute approximate surface area is 155 Å². The van der Waals surface area contributed by atoms with Crippen LogP contribution in [0, 0.1) is 5.92 Å². The predicted octanol–water partition coefficient (Wildman–Crippen LogP) is 1.54. The molecular formula is C17H23N3O4S2. The molecule has 1 aromatic carbocycles. The Morgan fingerprint density at radius 1 is 0.846 bits per heavy atom. The molecule has 0 amide bonds. The van der Waals surface area contributed by atoms with Crippen molar-refractivity contribution in [3.8, 4) is 0 Å². The summed E-state index contributed by atoms with van der Waals surface area (Å²) in [6.07, 6.45) is 3.83. The zero-order valence-corrected chi connectivity index (χ0v) is 16.3. The average molecular weight is 398 g/mol. The van der Waals surface area contributed by atoms with E-state index in [1.807, 2.05) is 26.0 Å². The normalized spacial score (nSPS) is 12.4. The quantitative estimate of drug-likeness (QED) is 0.668. The number of nitrogens with zero attached hydrogens (tertiary/aromatic N) is 1. The predicted molar refractivity (Wildman–Crippen MR) is 99.6 cm³/mol. The first kappa shape index (κ1) is 20.5. The maximum absolute atomic E-state index is 12.3. The molecule has 2 rings (SSSR count). The van der Waals surface area contributed by atoms with E-state index in [2.05, 4.69) is 14.4 Å². The van der Waals surface area contributed by atoms with Crippen molar-refractivity contribution in [2.45, 2.75) is 30.1 Å². The second-order valence-electron chi connectivity index (χ2n) is 6.22. The van der Waals surface area contributed by atoms with Gasteiger partial charge >= 0.3 is 0 Å². The molecule has 2 aromatic rings. The molecule has 0 bridgehead atoms. The van der Waals surface area contributed by atoms with Gasteiger partial charge in [0.15, 0.2) is 0 Å². The molecule has 7 nitrogen and oxygen atoms in total. The molecule has 0 unspecified atom stereocenters. The van der Waals surface area contributed by atoms with Gasteiger partial charge in [-0.3, -0.25) is 4.98 Å². The standard InChI is InChI=1S/C17H23N3O4S2/c1-14(2)13-20-26(23,24)17-5-3-16(4-6-17)25(21,22)19-12-9-15-7-10-18-11-8-15/h3-8,10-11,14,19-20H,9,12-13H2,1-2H3. The topological polar surface area (TPSA) is 105 Å². The van der Waals surface area contributed by atoms with E-state index in [9.17, 15) is 16.8 Å². The molecule has 0 radical (unpaired) electrons. The molecule has 0 aliphatic heterocycles. The van der Waals surface area contributed by atoms with E-state index < -0.39 is 20.0 Å². The lowest BCUT2D eigenvalue weighted by Crippen LogP contribution is -2.28. The van der Waals surface area contributed by atoms with Crippen LogP contribution in [-0.2, 0) is 26.5 Å². The summed E-state index contributed by atoms with van der Waals surface area (Å²) in [7, 11) is -7.34. The lowest BCUT2D eigenvalue weighted by Gasteiger charge is -2.10. The van der Waals surface area contributed by atoms with Crippen LogP contribution >= 0.6 is 0 Å². The first-order valence-corrected chi connectivity index (χ1v) is 11.2. The third-order valence-electron chi connectivity index (χ3n) is 3.58. The highest BCUT2D eigenvalue weighted by atomic mass is 32.2. The third-order valence-corrected chi connectivity index (χ3v) is 6.50. The van der Waals surface area contributed by atoms with Crippen LogP contribution in [0.1, 0.15) is 19.4 Å². The zero-order chi connectivity index (χ0) is 19.2. The summed E-state index contributed by atoms with van der Waals surface area (Å²) in [5, 5.41) is 0. The van der Waals surface area contributed by atoms with Gasteiger partial charge in [-0.15, -0.1) is 0 Å². The van der Waals surface area contributed by atoms with E-state index in [4.69, 9.17) is 0 Å². The Balaban J connectivity index is 2.01. The van der Waals surface area contributed by atoms with Gasteiger partial charge in [0.1, 0.15) is 0 Å². The van der Waals surface area contributed by atoms with E-state index >= 15 is 0 Å². The molecule has 2 N–H and O–H groups in total. The highest BCUT2D eigenvalue weighted by molar-refractivity contribution is 7.90. The van der Waals surface area contributed by atoms with Crippen LogP contribution in [0.3, 0.4) is 0 Å². The summed E-state index contributed by atoms with van der Waals surface area (Å²) in [4.78, 5) is 3.97. The van der Waals surface area contributed by atoms with Gasteiger partial charge < -0.3 is 0 Å². The lowest BCUT2D eigenvalue weighted by molar-refractivity contribution is 0.559. The molecule has 0 atom stereocenters. The molecule has 9 heteroatoms. The molecule has 0 saturated heterocycles. The molecule has 1 aromatic heterocycles. The molecule has 0 aliphatic carbocycles. The van der Waals surface area contributed by atoms with Crippen LogP contribution in [0.25, 0.3) is 0 Å². The summed E-state index contributed by atoms with van der Waals surface area (Å²) < 4.78 is 53.9. The van der Waals surface area contributed by atoms with Crippen molar-refractivity contribution in [3.05, 3.63) is 54.4 Å². The second kappa shape index (κ2) is 8.72. The fourth-order valence-electron chi connectivity index (χ4n) is 2.12. The number of sulfonamides is 2. The summed E-state index contributed by atoms with van der Waals surface area (Å²) in [6, 6.07) is 8.80. The van der Waals surface area contributed by atoms with Gasteiger partial charge in [-0.1, -0.05) is 13.8 Å². The molecule has 1 heterocycles. The average Bonchev–Trinajstić information content (AvgIpc) is 2.61. The number of rotatable bonds is 9. The van der Waals surface area contributed by atoms with Gasteiger partial charge in [0.25, 0.3) is 0 Å². The summed E-state index contributed by atoms with van der Waals surface area (Å²) >= 11 is 0. The monoisotopic (exact) mass is 397 g/mol. The molecule has 142 valence electrons. The van der Waals surface area contributed by atoms with Crippen molar-refractivity contribution >= 4 is 20.0 Å². The van der Waals surface area contributed by atoms with Gasteiger partial charge in [0.2, 0.25) is 20.0 Å². The van der Waals surface area contributed by atoms with E-state index in [1.165, 1.54) is 24.3 Å². The SMILES string of the molecule is CC(C)CNS(=O)(=O)c1ccc(S(=O)(=O)NCCc2ccncc2)cc1. The fraction of sp³-hybridized carbons (Fsp3) is 0.353. The van der Waals surface area contributed by atoms with Crippen LogP contribution in [0.2, 0.25) is 0 Å². The van der Waals surface area contributed by atoms with Crippen LogP contribution < -0.4 is 9.44 Å². The molecule has 0 fully saturated rings. The summed E-state index contributed by atoms with van der Waals surface area (Å²) in [5.41, 5.74) is 0.973. The Hall–Kier alpha value is -1.81. The molecule has 0 saturated carbocycles. The molecule has 0 aliphatic rings. The van der Waals surface area contributed by atoms with Crippen molar-refractivity contribution in [3.63, 3.8) is 0 Å². The highest BCUT2D eigenvalue weighted by Gasteiger charge is 2.17. The largest absolute Gasteiger partial charge is 0.265 e. The Morgan fingerprint density at radius 2 is 1.35 bits per heavy atom. The number of benzene rings is 1. The smallest absolute Gasteiger partial charge is 0.240 e. The Morgan fingerprint density at radius 3 is 1.85 bits per heavy atom. The fourth-order valence-corrected chi connectivity index (χ4v) is 4.37. The van der Waals surface area contributed by atoms with Crippen LogP contribution in [0.15, 0.2) is 58.6 Å². The minimum absolute atomic E-state index is 0.0232. The summed E-state index contributed by atoms with van der Waals surface area (Å²) in [5.74, 6) is 0.175. The maximum atomic E-state index is 12.3. The molecule has 0 spiro atoms. The number of nitrogens with one attached hydrogen (secondary N) is 2. The van der Waals surface area contributed by atoms with Gasteiger partial charge in [-0.05, 0) is 54.3 Å². The van der Waals surface area contributed by atoms with Crippen molar-refractivity contribution in [1.29, 1.82) is 0 Å². The lowest BCUT2D eigenvalue weighted by atomic mass is 10.2. The van der Waals surface area contributed by atoms with Gasteiger partial charge in [-0.25, -0.2) is 26.3 Å². The number of hydrogen-bond acceptors (Lipinski definition) is 5. The third kappa shape index (κ3) is 5.87.